The smallest absolute Gasteiger partial charge is 0.257 e. The summed E-state index contributed by atoms with van der Waals surface area (Å²) in [5.74, 6) is -0.667. The Kier molecular flexibility index (Phi) is 3.87. The van der Waals surface area contributed by atoms with E-state index in [2.05, 4.69) is 10.3 Å². The van der Waals surface area contributed by atoms with E-state index in [0.717, 1.165) is 5.69 Å². The van der Waals surface area contributed by atoms with Gasteiger partial charge >= 0.3 is 0 Å². The van der Waals surface area contributed by atoms with Crippen molar-refractivity contribution in [2.45, 2.75) is 13.5 Å². The van der Waals surface area contributed by atoms with E-state index in [1.165, 1.54) is 24.4 Å². The molecule has 0 aliphatic carbocycles. The van der Waals surface area contributed by atoms with Crippen molar-refractivity contribution in [2.75, 3.05) is 5.32 Å². The minimum Gasteiger partial charge on any atom is -0.326 e. The van der Waals surface area contributed by atoms with Crippen molar-refractivity contribution in [2.24, 2.45) is 5.73 Å². The molecule has 0 saturated heterocycles. The second kappa shape index (κ2) is 5.58. The fraction of sp³-hybridized carbons (Fsp3) is 0.143. The van der Waals surface area contributed by atoms with E-state index >= 15 is 0 Å². The van der Waals surface area contributed by atoms with Crippen molar-refractivity contribution in [1.29, 1.82) is 0 Å². The van der Waals surface area contributed by atoms with Gasteiger partial charge in [-0.05, 0) is 37.3 Å². The third kappa shape index (κ3) is 3.14. The van der Waals surface area contributed by atoms with Gasteiger partial charge in [-0.3, -0.25) is 9.78 Å². The van der Waals surface area contributed by atoms with Crippen LogP contribution in [0, 0.1) is 12.7 Å². The Morgan fingerprint density at radius 2 is 2.16 bits per heavy atom. The zero-order valence-electron chi connectivity index (χ0n) is 10.5. The molecule has 0 saturated carbocycles. The molecule has 0 atom stereocenters. The lowest BCUT2D eigenvalue weighted by molar-refractivity contribution is 0.102. The number of hydrogen-bond donors (Lipinski definition) is 2. The van der Waals surface area contributed by atoms with Crippen LogP contribution in [0.4, 0.5) is 10.1 Å². The van der Waals surface area contributed by atoms with E-state index in [1.807, 2.05) is 6.92 Å². The Morgan fingerprint density at radius 3 is 2.79 bits per heavy atom. The fourth-order valence-corrected chi connectivity index (χ4v) is 1.61. The lowest BCUT2D eigenvalue weighted by Crippen LogP contribution is -2.13. The second-order valence-electron chi connectivity index (χ2n) is 4.15. The predicted octanol–water partition coefficient (Wildman–Crippen LogP) is 2.24. The zero-order chi connectivity index (χ0) is 13.8. The molecular weight excluding hydrogens is 245 g/mol. The van der Waals surface area contributed by atoms with E-state index in [0.29, 0.717) is 16.8 Å². The van der Waals surface area contributed by atoms with Gasteiger partial charge in [-0.15, -0.1) is 0 Å². The monoisotopic (exact) mass is 259 g/mol. The van der Waals surface area contributed by atoms with Crippen LogP contribution >= 0.6 is 0 Å². The highest BCUT2D eigenvalue weighted by molar-refractivity contribution is 6.04. The molecular formula is C14H14FN3O. The van der Waals surface area contributed by atoms with E-state index in [4.69, 9.17) is 5.73 Å². The standard InChI is InChI=1S/C14H14FN3O/c1-9-2-3-10(8-17-9)14(19)18-12-4-5-13(15)11(6-12)7-16/h2-6,8H,7,16H2,1H3,(H,18,19). The van der Waals surface area contributed by atoms with Crippen LogP contribution in [0.2, 0.25) is 0 Å². The second-order valence-corrected chi connectivity index (χ2v) is 4.15. The van der Waals surface area contributed by atoms with Crippen LogP contribution in [0.3, 0.4) is 0 Å². The molecule has 3 N–H and O–H groups in total. The van der Waals surface area contributed by atoms with Gasteiger partial charge in [0.15, 0.2) is 0 Å². The number of nitrogens with zero attached hydrogens (tertiary/aromatic N) is 1. The number of anilines is 1. The van der Waals surface area contributed by atoms with E-state index in [-0.39, 0.29) is 18.3 Å². The number of amides is 1. The summed E-state index contributed by atoms with van der Waals surface area (Å²) in [6.07, 6.45) is 1.50. The van der Waals surface area contributed by atoms with Gasteiger partial charge in [0, 0.05) is 29.7 Å². The molecule has 2 rings (SSSR count). The molecule has 0 unspecified atom stereocenters. The van der Waals surface area contributed by atoms with Crippen LogP contribution in [0.15, 0.2) is 36.5 Å². The summed E-state index contributed by atoms with van der Waals surface area (Å²) in [7, 11) is 0. The minimum absolute atomic E-state index is 0.0850. The van der Waals surface area contributed by atoms with Crippen LogP contribution in [0.25, 0.3) is 0 Å². The quantitative estimate of drug-likeness (QED) is 0.888. The van der Waals surface area contributed by atoms with Gasteiger partial charge < -0.3 is 11.1 Å². The van der Waals surface area contributed by atoms with E-state index < -0.39 is 0 Å². The molecule has 0 bridgehead atoms. The third-order valence-corrected chi connectivity index (χ3v) is 2.70. The van der Waals surface area contributed by atoms with Gasteiger partial charge in [0.1, 0.15) is 5.82 Å². The Bertz CT molecular complexity index is 596. The summed E-state index contributed by atoms with van der Waals surface area (Å²) < 4.78 is 13.3. The van der Waals surface area contributed by atoms with Gasteiger partial charge in [-0.2, -0.15) is 0 Å². The summed E-state index contributed by atoms with van der Waals surface area (Å²) in [6, 6.07) is 7.74. The number of aromatic nitrogens is 1. The number of nitrogens with one attached hydrogen (secondary N) is 1. The highest BCUT2D eigenvalue weighted by Gasteiger charge is 2.08. The first-order valence-electron chi connectivity index (χ1n) is 5.82. The molecule has 0 aliphatic heterocycles. The average Bonchev–Trinajstić information content (AvgIpc) is 2.41. The molecule has 1 heterocycles. The molecule has 4 nitrogen and oxygen atoms in total. The molecule has 1 amide bonds. The highest BCUT2D eigenvalue weighted by Crippen LogP contribution is 2.15. The lowest BCUT2D eigenvalue weighted by Gasteiger charge is -2.07. The maximum Gasteiger partial charge on any atom is 0.257 e. The summed E-state index contributed by atoms with van der Waals surface area (Å²) in [5.41, 5.74) is 7.57. The van der Waals surface area contributed by atoms with Gasteiger partial charge in [0.2, 0.25) is 0 Å². The number of rotatable bonds is 3. The van der Waals surface area contributed by atoms with Crippen molar-refractivity contribution < 1.29 is 9.18 Å². The predicted molar refractivity (Wildman–Crippen MR) is 71.2 cm³/mol. The molecule has 0 fully saturated rings. The number of pyridine rings is 1. The first-order chi connectivity index (χ1) is 9.10. The minimum atomic E-state index is -0.377. The number of hydrogen-bond acceptors (Lipinski definition) is 3. The van der Waals surface area contributed by atoms with Crippen molar-refractivity contribution in [3.63, 3.8) is 0 Å². The molecule has 98 valence electrons. The summed E-state index contributed by atoms with van der Waals surface area (Å²) >= 11 is 0. The van der Waals surface area contributed by atoms with Crippen LogP contribution in [-0.2, 0) is 6.54 Å². The Balaban J connectivity index is 2.17. The van der Waals surface area contributed by atoms with Gasteiger partial charge in [0.25, 0.3) is 5.91 Å². The Morgan fingerprint density at radius 1 is 1.37 bits per heavy atom. The van der Waals surface area contributed by atoms with Gasteiger partial charge in [-0.25, -0.2) is 4.39 Å². The number of benzene rings is 1. The normalized spacial score (nSPS) is 10.3. The zero-order valence-corrected chi connectivity index (χ0v) is 10.5. The topological polar surface area (TPSA) is 68.0 Å². The van der Waals surface area contributed by atoms with Crippen LogP contribution in [0.1, 0.15) is 21.6 Å². The first kappa shape index (κ1) is 13.2. The van der Waals surface area contributed by atoms with Crippen molar-refractivity contribution >= 4 is 11.6 Å². The Labute approximate surface area is 110 Å². The molecule has 1 aromatic carbocycles. The summed E-state index contributed by atoms with van der Waals surface area (Å²) in [4.78, 5) is 16.0. The van der Waals surface area contributed by atoms with Crippen LogP contribution < -0.4 is 11.1 Å². The Hall–Kier alpha value is -2.27. The van der Waals surface area contributed by atoms with Gasteiger partial charge in [0.05, 0.1) is 5.56 Å². The molecule has 0 aliphatic rings. The van der Waals surface area contributed by atoms with Crippen LogP contribution in [0.5, 0.6) is 0 Å². The average molecular weight is 259 g/mol. The fourth-order valence-electron chi connectivity index (χ4n) is 1.61. The third-order valence-electron chi connectivity index (χ3n) is 2.70. The lowest BCUT2D eigenvalue weighted by atomic mass is 10.1. The first-order valence-corrected chi connectivity index (χ1v) is 5.82. The number of carbonyl (C=O) groups excluding carboxylic acids is 1. The molecule has 1 aromatic heterocycles. The van der Waals surface area contributed by atoms with Crippen molar-refractivity contribution in [3.05, 3.63) is 59.2 Å². The molecule has 0 radical (unpaired) electrons. The number of carbonyl (C=O) groups is 1. The molecule has 0 spiro atoms. The number of nitrogens with two attached hydrogens (primary N) is 1. The number of aryl methyl sites for hydroxylation is 1. The SMILES string of the molecule is Cc1ccc(C(=O)Nc2ccc(F)c(CN)c2)cn1. The largest absolute Gasteiger partial charge is 0.326 e. The number of halogens is 1. The maximum atomic E-state index is 13.3. The summed E-state index contributed by atoms with van der Waals surface area (Å²) in [5, 5.41) is 2.68. The summed E-state index contributed by atoms with van der Waals surface area (Å²) in [6.45, 7) is 1.93. The van der Waals surface area contributed by atoms with Crippen molar-refractivity contribution in [1.82, 2.24) is 4.98 Å². The highest BCUT2D eigenvalue weighted by atomic mass is 19.1. The van der Waals surface area contributed by atoms with Crippen LogP contribution in [-0.4, -0.2) is 10.9 Å². The van der Waals surface area contributed by atoms with Gasteiger partial charge in [-0.1, -0.05) is 0 Å². The van der Waals surface area contributed by atoms with Crippen molar-refractivity contribution in [3.8, 4) is 0 Å². The van der Waals surface area contributed by atoms with E-state index in [9.17, 15) is 9.18 Å². The molecule has 19 heavy (non-hydrogen) atoms. The van der Waals surface area contributed by atoms with E-state index in [1.54, 1.807) is 12.1 Å². The maximum absolute atomic E-state index is 13.3. The molecule has 2 aromatic rings. The molecule has 5 heteroatoms.